The molecule has 0 aliphatic rings. The lowest BCUT2D eigenvalue weighted by atomic mass is 10.1. The molecule has 106 valence electrons. The fourth-order valence-electron chi connectivity index (χ4n) is 1.95. The molecule has 4 nitrogen and oxygen atoms in total. The molecule has 0 aliphatic carbocycles. The highest BCUT2D eigenvalue weighted by Crippen LogP contribution is 2.25. The number of hydrogen-bond acceptors (Lipinski definition) is 4. The zero-order chi connectivity index (χ0) is 15.2. The van der Waals surface area contributed by atoms with E-state index in [1.54, 1.807) is 30.3 Å². The molecule has 0 saturated carbocycles. The predicted molar refractivity (Wildman–Crippen MR) is 78.5 cm³/mol. The fraction of sp³-hybridized carbons (Fsp3) is 0.176. The van der Waals surface area contributed by atoms with Crippen molar-refractivity contribution in [1.29, 1.82) is 5.26 Å². The molecule has 2 aromatic rings. The summed E-state index contributed by atoms with van der Waals surface area (Å²) in [5, 5.41) is 8.86. The third-order valence-electron chi connectivity index (χ3n) is 3.01. The standard InChI is InChI=1S/C17H15NO3/c1-12(19)16-7-6-15(9-17(16)20-2)21-11-14-5-3-4-13(8-14)10-18/h3-9H,11H2,1-2H3. The van der Waals surface area contributed by atoms with Gasteiger partial charge in [-0.15, -0.1) is 0 Å². The first-order valence-corrected chi connectivity index (χ1v) is 6.45. The number of benzene rings is 2. The Balaban J connectivity index is 2.13. The Labute approximate surface area is 123 Å². The molecule has 0 bridgehead atoms. The molecule has 2 rings (SSSR count). The van der Waals surface area contributed by atoms with Crippen LogP contribution in [0.3, 0.4) is 0 Å². The van der Waals surface area contributed by atoms with Gasteiger partial charge in [-0.3, -0.25) is 4.79 Å². The van der Waals surface area contributed by atoms with Crippen LogP contribution >= 0.6 is 0 Å². The van der Waals surface area contributed by atoms with Gasteiger partial charge in [0, 0.05) is 6.07 Å². The second-order valence-electron chi connectivity index (χ2n) is 4.52. The Hall–Kier alpha value is -2.80. The third kappa shape index (κ3) is 3.61. The molecule has 0 N–H and O–H groups in total. The van der Waals surface area contributed by atoms with Crippen LogP contribution in [0.15, 0.2) is 42.5 Å². The first-order chi connectivity index (χ1) is 10.1. The maximum Gasteiger partial charge on any atom is 0.163 e. The van der Waals surface area contributed by atoms with Crippen LogP contribution in [0.4, 0.5) is 0 Å². The Kier molecular flexibility index (Phi) is 4.57. The van der Waals surface area contributed by atoms with E-state index in [0.717, 1.165) is 5.56 Å². The summed E-state index contributed by atoms with van der Waals surface area (Å²) >= 11 is 0. The van der Waals surface area contributed by atoms with Crippen LogP contribution in [0, 0.1) is 11.3 Å². The minimum absolute atomic E-state index is 0.0554. The van der Waals surface area contributed by atoms with Crippen LogP contribution < -0.4 is 9.47 Å². The Morgan fingerprint density at radius 3 is 2.71 bits per heavy atom. The average Bonchev–Trinajstić information content (AvgIpc) is 2.52. The Morgan fingerprint density at radius 1 is 1.24 bits per heavy atom. The van der Waals surface area contributed by atoms with Crippen molar-refractivity contribution in [2.24, 2.45) is 0 Å². The molecule has 21 heavy (non-hydrogen) atoms. The van der Waals surface area contributed by atoms with E-state index < -0.39 is 0 Å². The van der Waals surface area contributed by atoms with Gasteiger partial charge in [0.15, 0.2) is 5.78 Å². The zero-order valence-electron chi connectivity index (χ0n) is 11.9. The maximum atomic E-state index is 11.4. The number of rotatable bonds is 5. The van der Waals surface area contributed by atoms with Gasteiger partial charge in [-0.2, -0.15) is 5.26 Å². The van der Waals surface area contributed by atoms with E-state index in [0.29, 0.717) is 29.2 Å². The lowest BCUT2D eigenvalue weighted by Gasteiger charge is -2.10. The minimum atomic E-state index is -0.0554. The molecule has 4 heteroatoms. The third-order valence-corrected chi connectivity index (χ3v) is 3.01. The summed E-state index contributed by atoms with van der Waals surface area (Å²) in [5.74, 6) is 1.05. The number of methoxy groups -OCH3 is 1. The SMILES string of the molecule is COc1cc(OCc2cccc(C#N)c2)ccc1C(C)=O. The Morgan fingerprint density at radius 2 is 2.05 bits per heavy atom. The molecular formula is C17H15NO3. The molecule has 2 aromatic carbocycles. The molecule has 0 radical (unpaired) electrons. The summed E-state index contributed by atoms with van der Waals surface area (Å²) in [6.45, 7) is 1.84. The highest BCUT2D eigenvalue weighted by atomic mass is 16.5. The van der Waals surface area contributed by atoms with Crippen molar-refractivity contribution < 1.29 is 14.3 Å². The van der Waals surface area contributed by atoms with Crippen molar-refractivity contribution in [3.05, 3.63) is 59.2 Å². The molecule has 0 aromatic heterocycles. The molecule has 0 aliphatic heterocycles. The molecule has 0 heterocycles. The van der Waals surface area contributed by atoms with Gasteiger partial charge in [0.1, 0.15) is 18.1 Å². The largest absolute Gasteiger partial charge is 0.496 e. The van der Waals surface area contributed by atoms with Crippen LogP contribution in [0.1, 0.15) is 28.4 Å². The smallest absolute Gasteiger partial charge is 0.163 e. The average molecular weight is 281 g/mol. The summed E-state index contributed by atoms with van der Waals surface area (Å²) in [6, 6.07) is 14.4. The van der Waals surface area contributed by atoms with Gasteiger partial charge in [0.2, 0.25) is 0 Å². The zero-order valence-corrected chi connectivity index (χ0v) is 11.9. The monoisotopic (exact) mass is 281 g/mol. The number of nitriles is 1. The maximum absolute atomic E-state index is 11.4. The molecule has 0 amide bonds. The van der Waals surface area contributed by atoms with Crippen LogP contribution in [0.5, 0.6) is 11.5 Å². The van der Waals surface area contributed by atoms with E-state index in [1.165, 1.54) is 14.0 Å². The summed E-state index contributed by atoms with van der Waals surface area (Å²) < 4.78 is 10.9. The number of nitrogens with zero attached hydrogens (tertiary/aromatic N) is 1. The number of Topliss-reactive ketones (excluding diaryl/α,β-unsaturated/α-hetero) is 1. The predicted octanol–water partition coefficient (Wildman–Crippen LogP) is 3.35. The second kappa shape index (κ2) is 6.58. The number of carbonyl (C=O) groups is 1. The van der Waals surface area contributed by atoms with Gasteiger partial charge in [0.05, 0.1) is 24.3 Å². The van der Waals surface area contributed by atoms with Gasteiger partial charge in [0.25, 0.3) is 0 Å². The van der Waals surface area contributed by atoms with Gasteiger partial charge < -0.3 is 9.47 Å². The molecule has 0 fully saturated rings. The molecule has 0 atom stereocenters. The van der Waals surface area contributed by atoms with Crippen LogP contribution in [0.2, 0.25) is 0 Å². The van der Waals surface area contributed by atoms with Crippen molar-refractivity contribution in [1.82, 2.24) is 0 Å². The van der Waals surface area contributed by atoms with E-state index in [-0.39, 0.29) is 5.78 Å². The molecule has 0 spiro atoms. The number of ether oxygens (including phenoxy) is 2. The summed E-state index contributed by atoms with van der Waals surface area (Å²) in [5.41, 5.74) is 2.03. The first-order valence-electron chi connectivity index (χ1n) is 6.45. The summed E-state index contributed by atoms with van der Waals surface area (Å²) in [4.78, 5) is 11.4. The van der Waals surface area contributed by atoms with Crippen molar-refractivity contribution in [2.75, 3.05) is 7.11 Å². The lowest BCUT2D eigenvalue weighted by Crippen LogP contribution is -2.00. The van der Waals surface area contributed by atoms with Crippen molar-refractivity contribution in [3.63, 3.8) is 0 Å². The van der Waals surface area contributed by atoms with Gasteiger partial charge in [-0.1, -0.05) is 12.1 Å². The van der Waals surface area contributed by atoms with Crippen molar-refractivity contribution >= 4 is 5.78 Å². The van der Waals surface area contributed by atoms with E-state index in [1.807, 2.05) is 12.1 Å². The van der Waals surface area contributed by atoms with Crippen LogP contribution in [0.25, 0.3) is 0 Å². The molecular weight excluding hydrogens is 266 g/mol. The second-order valence-corrected chi connectivity index (χ2v) is 4.52. The fourth-order valence-corrected chi connectivity index (χ4v) is 1.95. The van der Waals surface area contributed by atoms with Crippen LogP contribution in [-0.2, 0) is 6.61 Å². The van der Waals surface area contributed by atoms with Gasteiger partial charge in [-0.05, 0) is 36.8 Å². The normalized spacial score (nSPS) is 9.76. The number of hydrogen-bond donors (Lipinski definition) is 0. The highest BCUT2D eigenvalue weighted by molar-refractivity contribution is 5.97. The van der Waals surface area contributed by atoms with Crippen LogP contribution in [-0.4, -0.2) is 12.9 Å². The first kappa shape index (κ1) is 14.6. The van der Waals surface area contributed by atoms with Gasteiger partial charge in [-0.25, -0.2) is 0 Å². The Bertz CT molecular complexity index is 701. The van der Waals surface area contributed by atoms with Gasteiger partial charge >= 0.3 is 0 Å². The quantitative estimate of drug-likeness (QED) is 0.788. The van der Waals surface area contributed by atoms with E-state index in [9.17, 15) is 4.79 Å². The van der Waals surface area contributed by atoms with Crippen molar-refractivity contribution in [3.8, 4) is 17.6 Å². The summed E-state index contributed by atoms with van der Waals surface area (Å²) in [6.07, 6.45) is 0. The summed E-state index contributed by atoms with van der Waals surface area (Å²) in [7, 11) is 1.52. The topological polar surface area (TPSA) is 59.3 Å². The highest BCUT2D eigenvalue weighted by Gasteiger charge is 2.09. The van der Waals surface area contributed by atoms with E-state index >= 15 is 0 Å². The van der Waals surface area contributed by atoms with E-state index in [4.69, 9.17) is 14.7 Å². The lowest BCUT2D eigenvalue weighted by molar-refractivity contribution is 0.101. The molecule has 0 saturated heterocycles. The van der Waals surface area contributed by atoms with Crippen molar-refractivity contribution in [2.45, 2.75) is 13.5 Å². The minimum Gasteiger partial charge on any atom is -0.496 e. The van der Waals surface area contributed by atoms with E-state index in [2.05, 4.69) is 6.07 Å². The number of ketones is 1. The molecule has 0 unspecified atom stereocenters. The number of carbonyl (C=O) groups excluding carboxylic acids is 1.